The van der Waals surface area contributed by atoms with Gasteiger partial charge in [0.1, 0.15) is 17.8 Å². The van der Waals surface area contributed by atoms with Crippen LogP contribution in [-0.4, -0.2) is 24.3 Å². The summed E-state index contributed by atoms with van der Waals surface area (Å²) in [5.41, 5.74) is 10.6. The van der Waals surface area contributed by atoms with Gasteiger partial charge in [-0.15, -0.1) is 0 Å². The minimum atomic E-state index is -0.0625. The third-order valence-electron chi connectivity index (χ3n) is 5.62. The van der Waals surface area contributed by atoms with Crippen LogP contribution in [0.5, 0.6) is 0 Å². The lowest BCUT2D eigenvalue weighted by Crippen LogP contribution is -2.24. The average Bonchev–Trinajstić information content (AvgIpc) is 3.14. The van der Waals surface area contributed by atoms with Gasteiger partial charge in [0.2, 0.25) is 0 Å². The van der Waals surface area contributed by atoms with Crippen molar-refractivity contribution in [3.05, 3.63) is 94.8 Å². The molecule has 2 N–H and O–H groups in total. The standard InChI is InChI=1S/C25H22N6O/c1-15(2)22-21-23(26)27-14-28-24(21)30(29-22)13-19-12-17-9-7-8-16(3)20(17)25(32)31(19)18-10-5-4-6-11-18/h4-12,14H,1,13H2,2-3H3,(H2,26,27,28). The van der Waals surface area contributed by atoms with Gasteiger partial charge in [-0.2, -0.15) is 5.10 Å². The van der Waals surface area contributed by atoms with E-state index in [1.54, 1.807) is 9.25 Å². The summed E-state index contributed by atoms with van der Waals surface area (Å²) in [6, 6.07) is 17.5. The van der Waals surface area contributed by atoms with Gasteiger partial charge >= 0.3 is 0 Å². The number of anilines is 1. The SMILES string of the molecule is C=C(C)c1nn(Cc2cc3cccc(C)c3c(=O)n2-c2ccccc2)c2ncnc(N)c12. The van der Waals surface area contributed by atoms with Gasteiger partial charge in [0.25, 0.3) is 5.56 Å². The van der Waals surface area contributed by atoms with Crippen molar-refractivity contribution in [2.45, 2.75) is 20.4 Å². The quantitative estimate of drug-likeness (QED) is 0.471. The van der Waals surface area contributed by atoms with Crippen LogP contribution < -0.4 is 11.3 Å². The Hall–Kier alpha value is -4.26. The highest BCUT2D eigenvalue weighted by Gasteiger charge is 2.19. The Morgan fingerprint density at radius 2 is 1.84 bits per heavy atom. The molecule has 2 aromatic carbocycles. The van der Waals surface area contributed by atoms with Crippen LogP contribution in [0.15, 0.2) is 72.3 Å². The number of allylic oxidation sites excluding steroid dienone is 1. The summed E-state index contributed by atoms with van der Waals surface area (Å²) in [4.78, 5) is 22.2. The second kappa shape index (κ2) is 7.46. The number of aryl methyl sites for hydroxylation is 1. The van der Waals surface area contributed by atoms with E-state index in [9.17, 15) is 4.79 Å². The molecule has 0 aliphatic rings. The fraction of sp³-hybridized carbons (Fsp3) is 0.120. The Bertz CT molecular complexity index is 1560. The van der Waals surface area contributed by atoms with Crippen molar-refractivity contribution in [2.24, 2.45) is 0 Å². The predicted molar refractivity (Wildman–Crippen MR) is 128 cm³/mol. The first-order valence-corrected chi connectivity index (χ1v) is 10.3. The molecule has 7 nitrogen and oxygen atoms in total. The van der Waals surface area contributed by atoms with Gasteiger partial charge in [-0.1, -0.05) is 43.0 Å². The molecule has 0 spiro atoms. The van der Waals surface area contributed by atoms with Crippen molar-refractivity contribution in [3.8, 4) is 5.69 Å². The van der Waals surface area contributed by atoms with Gasteiger partial charge < -0.3 is 5.73 Å². The van der Waals surface area contributed by atoms with Gasteiger partial charge in [-0.25, -0.2) is 14.6 Å². The van der Waals surface area contributed by atoms with Crippen LogP contribution in [0.4, 0.5) is 5.82 Å². The molecule has 7 heteroatoms. The van der Waals surface area contributed by atoms with E-state index in [1.807, 2.05) is 68.4 Å². The average molecular weight is 422 g/mol. The van der Waals surface area contributed by atoms with E-state index in [2.05, 4.69) is 16.5 Å². The molecule has 32 heavy (non-hydrogen) atoms. The molecule has 158 valence electrons. The zero-order valence-electron chi connectivity index (χ0n) is 17.9. The van der Waals surface area contributed by atoms with Gasteiger partial charge in [0.05, 0.1) is 17.3 Å². The summed E-state index contributed by atoms with van der Waals surface area (Å²) in [6.07, 6.45) is 1.42. The summed E-state index contributed by atoms with van der Waals surface area (Å²) >= 11 is 0. The third-order valence-corrected chi connectivity index (χ3v) is 5.62. The molecular formula is C25H22N6O. The first kappa shape index (κ1) is 19.7. The molecule has 3 aromatic heterocycles. The number of benzene rings is 2. The maximum atomic E-state index is 13.7. The van der Waals surface area contributed by atoms with E-state index in [1.165, 1.54) is 6.33 Å². The van der Waals surface area contributed by atoms with Crippen molar-refractivity contribution in [3.63, 3.8) is 0 Å². The molecule has 0 saturated carbocycles. The highest BCUT2D eigenvalue weighted by molar-refractivity contribution is 5.95. The number of nitrogens with two attached hydrogens (primary N) is 1. The van der Waals surface area contributed by atoms with Crippen LogP contribution in [0.1, 0.15) is 23.9 Å². The van der Waals surface area contributed by atoms with Crippen LogP contribution in [0.3, 0.4) is 0 Å². The third kappa shape index (κ3) is 3.06. The molecule has 0 unspecified atom stereocenters. The van der Waals surface area contributed by atoms with E-state index in [0.29, 0.717) is 34.5 Å². The van der Waals surface area contributed by atoms with Crippen LogP contribution in [0.2, 0.25) is 0 Å². The van der Waals surface area contributed by atoms with E-state index in [4.69, 9.17) is 10.8 Å². The molecule has 0 saturated heterocycles. The molecule has 0 bridgehead atoms. The monoisotopic (exact) mass is 422 g/mol. The molecule has 0 amide bonds. The van der Waals surface area contributed by atoms with Crippen molar-refractivity contribution in [1.29, 1.82) is 0 Å². The Kier molecular flexibility index (Phi) is 4.59. The first-order valence-electron chi connectivity index (χ1n) is 10.3. The van der Waals surface area contributed by atoms with Crippen LogP contribution in [0, 0.1) is 6.92 Å². The van der Waals surface area contributed by atoms with E-state index < -0.39 is 0 Å². The molecule has 0 aliphatic heterocycles. The lowest BCUT2D eigenvalue weighted by molar-refractivity contribution is 0.667. The molecule has 5 rings (SSSR count). The van der Waals surface area contributed by atoms with E-state index >= 15 is 0 Å². The van der Waals surface area contributed by atoms with Crippen LogP contribution in [-0.2, 0) is 6.54 Å². The lowest BCUT2D eigenvalue weighted by atomic mass is 10.1. The zero-order chi connectivity index (χ0) is 22.4. The Labute approximate surface area is 184 Å². The number of pyridine rings is 1. The molecule has 0 fully saturated rings. The fourth-order valence-corrected chi connectivity index (χ4v) is 4.16. The number of para-hydroxylation sites is 1. The first-order chi connectivity index (χ1) is 15.5. The number of fused-ring (bicyclic) bond motifs is 2. The molecular weight excluding hydrogens is 400 g/mol. The topological polar surface area (TPSA) is 91.6 Å². The largest absolute Gasteiger partial charge is 0.383 e. The molecule has 0 radical (unpaired) electrons. The Morgan fingerprint density at radius 1 is 1.06 bits per heavy atom. The highest BCUT2D eigenvalue weighted by atomic mass is 16.1. The highest BCUT2D eigenvalue weighted by Crippen LogP contribution is 2.27. The molecule has 5 aromatic rings. The zero-order valence-corrected chi connectivity index (χ0v) is 17.9. The number of nitrogens with zero attached hydrogens (tertiary/aromatic N) is 5. The van der Waals surface area contributed by atoms with Gasteiger partial charge in [-0.05, 0) is 48.6 Å². The number of hydrogen-bond acceptors (Lipinski definition) is 5. The summed E-state index contributed by atoms with van der Waals surface area (Å²) in [5.74, 6) is 0.355. The maximum absolute atomic E-state index is 13.7. The number of hydrogen-bond donors (Lipinski definition) is 1. The van der Waals surface area contributed by atoms with E-state index in [-0.39, 0.29) is 5.56 Å². The van der Waals surface area contributed by atoms with Crippen LogP contribution >= 0.6 is 0 Å². The summed E-state index contributed by atoms with van der Waals surface area (Å²) in [6.45, 7) is 8.18. The maximum Gasteiger partial charge on any atom is 0.263 e. The number of nitrogen functional groups attached to an aromatic ring is 1. The second-order valence-electron chi connectivity index (χ2n) is 7.90. The smallest absolute Gasteiger partial charge is 0.263 e. The van der Waals surface area contributed by atoms with E-state index in [0.717, 1.165) is 27.9 Å². The summed E-state index contributed by atoms with van der Waals surface area (Å²) in [5, 5.41) is 7.00. The van der Waals surface area contributed by atoms with Crippen molar-refractivity contribution >= 4 is 33.2 Å². The summed E-state index contributed by atoms with van der Waals surface area (Å²) in [7, 11) is 0. The Balaban J connectivity index is 1.80. The normalized spacial score (nSPS) is 11.3. The van der Waals surface area contributed by atoms with Crippen molar-refractivity contribution < 1.29 is 0 Å². The minimum Gasteiger partial charge on any atom is -0.383 e. The predicted octanol–water partition coefficient (Wildman–Crippen LogP) is 4.10. The van der Waals surface area contributed by atoms with Crippen molar-refractivity contribution in [2.75, 3.05) is 5.73 Å². The fourth-order valence-electron chi connectivity index (χ4n) is 4.16. The van der Waals surface area contributed by atoms with Crippen molar-refractivity contribution in [1.82, 2.24) is 24.3 Å². The minimum absolute atomic E-state index is 0.0625. The van der Waals surface area contributed by atoms with Gasteiger partial charge in [-0.3, -0.25) is 9.36 Å². The molecule has 0 atom stereocenters. The molecule has 0 aliphatic carbocycles. The number of aromatic nitrogens is 5. The van der Waals surface area contributed by atoms with Gasteiger partial charge in [0, 0.05) is 11.4 Å². The number of rotatable bonds is 4. The van der Waals surface area contributed by atoms with Gasteiger partial charge in [0.15, 0.2) is 5.65 Å². The lowest BCUT2D eigenvalue weighted by Gasteiger charge is -2.16. The molecule has 3 heterocycles. The van der Waals surface area contributed by atoms with Crippen LogP contribution in [0.25, 0.3) is 33.1 Å². The summed E-state index contributed by atoms with van der Waals surface area (Å²) < 4.78 is 3.50. The Morgan fingerprint density at radius 3 is 2.59 bits per heavy atom. The second-order valence-corrected chi connectivity index (χ2v) is 7.90.